The van der Waals surface area contributed by atoms with Crippen LogP contribution < -0.4 is 0 Å². The average Bonchev–Trinajstić information content (AvgIpc) is 2.62. The predicted molar refractivity (Wildman–Crippen MR) is 64.4 cm³/mol. The summed E-state index contributed by atoms with van der Waals surface area (Å²) in [5, 5.41) is 8.49. The van der Waals surface area contributed by atoms with E-state index >= 15 is 0 Å². The summed E-state index contributed by atoms with van der Waals surface area (Å²) in [6, 6.07) is -0.0841. The number of carbonyl (C=O) groups is 2. The van der Waals surface area contributed by atoms with Gasteiger partial charge in [-0.3, -0.25) is 0 Å². The van der Waals surface area contributed by atoms with Gasteiger partial charge in [0.05, 0.1) is 12.6 Å². The third-order valence-corrected chi connectivity index (χ3v) is 2.54. The van der Waals surface area contributed by atoms with E-state index in [1.807, 2.05) is 20.8 Å². The van der Waals surface area contributed by atoms with E-state index in [0.29, 0.717) is 6.54 Å². The minimum atomic E-state index is -1.00. The van der Waals surface area contributed by atoms with Crippen LogP contribution in [0.4, 0.5) is 4.79 Å². The first-order chi connectivity index (χ1) is 8.29. The average molecular weight is 259 g/mol. The lowest BCUT2D eigenvalue weighted by Crippen LogP contribution is -2.41. The topological polar surface area (TPSA) is 76.1 Å². The number of ether oxygens (including phenoxy) is 2. The third kappa shape index (κ3) is 4.91. The lowest BCUT2D eigenvalue weighted by atomic mass is 10.2. The van der Waals surface area contributed by atoms with Crippen LogP contribution in [0.3, 0.4) is 0 Å². The number of hydrogen-bond donors (Lipinski definition) is 1. The van der Waals surface area contributed by atoms with E-state index in [1.165, 1.54) is 0 Å². The van der Waals surface area contributed by atoms with Crippen LogP contribution in [0.1, 0.15) is 33.6 Å². The van der Waals surface area contributed by atoms with Crippen LogP contribution >= 0.6 is 0 Å². The molecule has 1 rings (SSSR count). The maximum absolute atomic E-state index is 11.9. The number of likely N-dealkylation sites (tertiary alicyclic amines) is 1. The molecule has 0 radical (unpaired) electrons. The molecule has 0 saturated carbocycles. The molecule has 18 heavy (non-hydrogen) atoms. The van der Waals surface area contributed by atoms with Gasteiger partial charge in [-0.25, -0.2) is 9.59 Å². The highest BCUT2D eigenvalue weighted by atomic mass is 16.6. The van der Waals surface area contributed by atoms with Crippen molar-refractivity contribution < 1.29 is 24.2 Å². The quantitative estimate of drug-likeness (QED) is 0.827. The van der Waals surface area contributed by atoms with Gasteiger partial charge in [0.15, 0.2) is 0 Å². The highest BCUT2D eigenvalue weighted by molar-refractivity contribution is 5.69. The molecule has 1 aliphatic rings. The zero-order valence-corrected chi connectivity index (χ0v) is 11.1. The van der Waals surface area contributed by atoms with Crippen LogP contribution in [-0.2, 0) is 14.3 Å². The zero-order chi connectivity index (χ0) is 13.8. The summed E-state index contributed by atoms with van der Waals surface area (Å²) in [6.45, 7) is 5.99. The van der Waals surface area contributed by atoms with Gasteiger partial charge in [0.25, 0.3) is 0 Å². The van der Waals surface area contributed by atoms with Crippen LogP contribution in [0, 0.1) is 0 Å². The lowest BCUT2D eigenvalue weighted by Gasteiger charge is -2.28. The van der Waals surface area contributed by atoms with Gasteiger partial charge in [0.1, 0.15) is 12.2 Å². The molecule has 0 aromatic carbocycles. The van der Waals surface area contributed by atoms with Gasteiger partial charge >= 0.3 is 12.1 Å². The number of carboxylic acids is 1. The van der Waals surface area contributed by atoms with Crippen molar-refractivity contribution in [2.24, 2.45) is 0 Å². The SMILES string of the molecule is CC(C)(C)OC(=O)N1CCCC1COCC(=O)O. The van der Waals surface area contributed by atoms with Gasteiger partial charge in [0.2, 0.25) is 0 Å². The Kier molecular flexibility index (Phi) is 4.95. The van der Waals surface area contributed by atoms with E-state index in [2.05, 4.69) is 0 Å². The fourth-order valence-electron chi connectivity index (χ4n) is 1.85. The van der Waals surface area contributed by atoms with Crippen molar-refractivity contribution in [3.05, 3.63) is 0 Å². The lowest BCUT2D eigenvalue weighted by molar-refractivity contribution is -0.142. The molecule has 6 nitrogen and oxygen atoms in total. The van der Waals surface area contributed by atoms with E-state index < -0.39 is 11.6 Å². The Bertz CT molecular complexity index is 310. The summed E-state index contributed by atoms with van der Waals surface area (Å²) < 4.78 is 10.3. The van der Waals surface area contributed by atoms with E-state index in [9.17, 15) is 9.59 Å². The molecule has 1 fully saturated rings. The van der Waals surface area contributed by atoms with Gasteiger partial charge in [-0.15, -0.1) is 0 Å². The van der Waals surface area contributed by atoms with E-state index in [1.54, 1.807) is 4.90 Å². The van der Waals surface area contributed by atoms with Gasteiger partial charge in [0, 0.05) is 6.54 Å². The van der Waals surface area contributed by atoms with Crippen molar-refractivity contribution in [2.75, 3.05) is 19.8 Å². The zero-order valence-electron chi connectivity index (χ0n) is 11.1. The fourth-order valence-corrected chi connectivity index (χ4v) is 1.85. The Labute approximate surface area is 107 Å². The Hall–Kier alpha value is -1.30. The largest absolute Gasteiger partial charge is 0.480 e. The summed E-state index contributed by atoms with van der Waals surface area (Å²) in [7, 11) is 0. The molecule has 0 spiro atoms. The fraction of sp³-hybridized carbons (Fsp3) is 0.833. The Morgan fingerprint density at radius 3 is 2.61 bits per heavy atom. The monoisotopic (exact) mass is 259 g/mol. The maximum atomic E-state index is 11.9. The smallest absolute Gasteiger partial charge is 0.410 e. The highest BCUT2D eigenvalue weighted by Crippen LogP contribution is 2.20. The van der Waals surface area contributed by atoms with Crippen molar-refractivity contribution in [1.82, 2.24) is 4.90 Å². The normalized spacial score (nSPS) is 19.9. The van der Waals surface area contributed by atoms with Crippen molar-refractivity contribution in [3.63, 3.8) is 0 Å². The first-order valence-corrected chi connectivity index (χ1v) is 6.09. The molecule has 1 aliphatic heterocycles. The van der Waals surface area contributed by atoms with Gasteiger partial charge in [-0.1, -0.05) is 0 Å². The number of amides is 1. The number of rotatable bonds is 4. The van der Waals surface area contributed by atoms with Crippen LogP contribution in [0.5, 0.6) is 0 Å². The number of carboxylic acid groups (broad SMARTS) is 1. The van der Waals surface area contributed by atoms with E-state index in [4.69, 9.17) is 14.6 Å². The van der Waals surface area contributed by atoms with Crippen LogP contribution in [0.25, 0.3) is 0 Å². The molecule has 1 unspecified atom stereocenters. The van der Waals surface area contributed by atoms with Crippen molar-refractivity contribution >= 4 is 12.1 Å². The molecule has 1 heterocycles. The van der Waals surface area contributed by atoms with Gasteiger partial charge in [-0.05, 0) is 33.6 Å². The van der Waals surface area contributed by atoms with E-state index in [0.717, 1.165) is 12.8 Å². The summed E-state index contributed by atoms with van der Waals surface area (Å²) >= 11 is 0. The van der Waals surface area contributed by atoms with Crippen LogP contribution in [0.15, 0.2) is 0 Å². The Balaban J connectivity index is 2.43. The molecular formula is C12H21NO5. The number of carbonyl (C=O) groups excluding carboxylic acids is 1. The highest BCUT2D eigenvalue weighted by Gasteiger charge is 2.32. The van der Waals surface area contributed by atoms with Crippen molar-refractivity contribution in [1.29, 1.82) is 0 Å². The first kappa shape index (κ1) is 14.8. The van der Waals surface area contributed by atoms with Crippen LogP contribution in [0.2, 0.25) is 0 Å². The molecule has 1 atom stereocenters. The molecular weight excluding hydrogens is 238 g/mol. The first-order valence-electron chi connectivity index (χ1n) is 6.09. The predicted octanol–water partition coefficient (Wildman–Crippen LogP) is 1.49. The standard InChI is InChI=1S/C12H21NO5/c1-12(2,3)18-11(16)13-6-4-5-9(13)7-17-8-10(14)15/h9H,4-8H2,1-3H3,(H,14,15). The molecule has 104 valence electrons. The van der Waals surface area contributed by atoms with Gasteiger partial charge < -0.3 is 19.5 Å². The summed E-state index contributed by atoms with van der Waals surface area (Å²) in [5.41, 5.74) is -0.522. The number of hydrogen-bond acceptors (Lipinski definition) is 4. The molecule has 1 saturated heterocycles. The minimum absolute atomic E-state index is 0.0841. The van der Waals surface area contributed by atoms with Crippen molar-refractivity contribution in [2.45, 2.75) is 45.3 Å². The maximum Gasteiger partial charge on any atom is 0.410 e. The molecule has 6 heteroatoms. The van der Waals surface area contributed by atoms with Gasteiger partial charge in [-0.2, -0.15) is 0 Å². The number of aliphatic carboxylic acids is 1. The second-order valence-electron chi connectivity index (χ2n) is 5.38. The summed E-state index contributed by atoms with van der Waals surface area (Å²) in [4.78, 5) is 23.9. The molecule has 1 N–H and O–H groups in total. The molecule has 1 amide bonds. The third-order valence-electron chi connectivity index (χ3n) is 2.54. The van der Waals surface area contributed by atoms with E-state index in [-0.39, 0.29) is 25.3 Å². The Morgan fingerprint density at radius 2 is 2.06 bits per heavy atom. The van der Waals surface area contributed by atoms with Crippen molar-refractivity contribution in [3.8, 4) is 0 Å². The second-order valence-corrected chi connectivity index (χ2v) is 5.38. The summed E-state index contributed by atoms with van der Waals surface area (Å²) in [6.07, 6.45) is 1.35. The second kappa shape index (κ2) is 6.04. The molecule has 0 aliphatic carbocycles. The Morgan fingerprint density at radius 1 is 1.39 bits per heavy atom. The number of nitrogens with zero attached hydrogens (tertiary/aromatic N) is 1. The minimum Gasteiger partial charge on any atom is -0.480 e. The summed E-state index contributed by atoms with van der Waals surface area (Å²) in [5.74, 6) is -1.00. The van der Waals surface area contributed by atoms with Crippen LogP contribution in [-0.4, -0.2) is 53.5 Å². The molecule has 0 bridgehead atoms. The molecule has 0 aromatic rings. The molecule has 0 aromatic heterocycles.